The molecule has 0 spiro atoms. The average Bonchev–Trinajstić information content (AvgIpc) is 2.33. The van der Waals surface area contributed by atoms with Crippen LogP contribution >= 0.6 is 0 Å². The minimum Gasteiger partial charge on any atom is -0.462 e. The highest BCUT2D eigenvalue weighted by Crippen LogP contribution is 2.22. The van der Waals surface area contributed by atoms with Gasteiger partial charge in [-0.2, -0.15) is 0 Å². The Balaban J connectivity index is 2.57. The van der Waals surface area contributed by atoms with Crippen molar-refractivity contribution in [2.45, 2.75) is 39.0 Å². The summed E-state index contributed by atoms with van der Waals surface area (Å²) in [6.45, 7) is 10.5. The maximum atomic E-state index is 11.7. The van der Waals surface area contributed by atoms with Crippen LogP contribution in [0.5, 0.6) is 0 Å². The molecule has 2 heteroatoms. The predicted molar refractivity (Wildman–Crippen MR) is 74.9 cm³/mol. The highest BCUT2D eigenvalue weighted by molar-refractivity contribution is 5.89. The van der Waals surface area contributed by atoms with Gasteiger partial charge in [0.25, 0.3) is 0 Å². The second kappa shape index (κ2) is 6.39. The third kappa shape index (κ3) is 4.36. The summed E-state index contributed by atoms with van der Waals surface area (Å²) in [7, 11) is 0. The van der Waals surface area contributed by atoms with Crippen molar-refractivity contribution in [1.29, 1.82) is 0 Å². The molecule has 0 atom stereocenters. The van der Waals surface area contributed by atoms with Gasteiger partial charge in [0.2, 0.25) is 0 Å². The van der Waals surface area contributed by atoms with Gasteiger partial charge in [0, 0.05) is 0 Å². The number of carbonyl (C=O) groups excluding carboxylic acids is 1. The van der Waals surface area contributed by atoms with E-state index in [0.29, 0.717) is 12.2 Å². The molecule has 18 heavy (non-hydrogen) atoms. The van der Waals surface area contributed by atoms with E-state index in [-0.39, 0.29) is 11.4 Å². The van der Waals surface area contributed by atoms with E-state index in [1.54, 1.807) is 0 Å². The molecule has 0 heterocycles. The lowest BCUT2D eigenvalue weighted by atomic mass is 9.87. The van der Waals surface area contributed by atoms with Crippen LogP contribution in [0.4, 0.5) is 0 Å². The first kappa shape index (κ1) is 14.5. The number of carbonyl (C=O) groups is 1. The van der Waals surface area contributed by atoms with Crippen molar-refractivity contribution in [3.63, 3.8) is 0 Å². The summed E-state index contributed by atoms with van der Waals surface area (Å²) in [6, 6.07) is 7.63. The van der Waals surface area contributed by atoms with Crippen LogP contribution in [-0.2, 0) is 10.2 Å². The summed E-state index contributed by atoms with van der Waals surface area (Å²) in [5, 5.41) is 0. The molecule has 98 valence electrons. The molecule has 0 bridgehead atoms. The fraction of sp³-hybridized carbons (Fsp3) is 0.438. The fourth-order valence-electron chi connectivity index (χ4n) is 1.58. The van der Waals surface area contributed by atoms with Gasteiger partial charge in [-0.1, -0.05) is 39.0 Å². The Bertz CT molecular complexity index is 396. The number of rotatable bonds is 5. The van der Waals surface area contributed by atoms with Gasteiger partial charge in [0.15, 0.2) is 0 Å². The summed E-state index contributed by atoms with van der Waals surface area (Å²) in [4.78, 5) is 11.7. The Morgan fingerprint density at radius 2 is 1.89 bits per heavy atom. The monoisotopic (exact) mass is 246 g/mol. The Labute approximate surface area is 110 Å². The third-order valence-corrected chi connectivity index (χ3v) is 2.77. The smallest absolute Gasteiger partial charge is 0.338 e. The lowest BCUT2D eigenvalue weighted by molar-refractivity contribution is 0.0501. The van der Waals surface area contributed by atoms with Gasteiger partial charge >= 0.3 is 5.97 Å². The number of hydrogen-bond donors (Lipinski definition) is 0. The Kier molecular flexibility index (Phi) is 5.14. The minimum absolute atomic E-state index is 0.104. The van der Waals surface area contributed by atoms with Crippen molar-refractivity contribution in [2.24, 2.45) is 0 Å². The molecule has 1 aromatic carbocycles. The van der Waals surface area contributed by atoms with Gasteiger partial charge in [0.1, 0.15) is 0 Å². The second-order valence-electron chi connectivity index (χ2n) is 5.39. The molecule has 0 aliphatic rings. The number of benzene rings is 1. The number of hydrogen-bond acceptors (Lipinski definition) is 2. The molecule has 0 saturated carbocycles. The van der Waals surface area contributed by atoms with E-state index in [1.165, 1.54) is 5.56 Å². The Morgan fingerprint density at radius 1 is 1.28 bits per heavy atom. The van der Waals surface area contributed by atoms with E-state index in [1.807, 2.05) is 30.3 Å². The maximum absolute atomic E-state index is 11.7. The van der Waals surface area contributed by atoms with Gasteiger partial charge in [-0.05, 0) is 36.0 Å². The van der Waals surface area contributed by atoms with Crippen LogP contribution in [0.25, 0.3) is 0 Å². The van der Waals surface area contributed by atoms with E-state index < -0.39 is 0 Å². The maximum Gasteiger partial charge on any atom is 0.338 e. The first-order chi connectivity index (χ1) is 8.45. The zero-order valence-corrected chi connectivity index (χ0v) is 11.5. The van der Waals surface area contributed by atoms with E-state index in [0.717, 1.165) is 12.8 Å². The number of allylic oxidation sites excluding steroid dienone is 1. The molecule has 0 fully saturated rings. The van der Waals surface area contributed by atoms with E-state index in [4.69, 9.17) is 4.74 Å². The highest BCUT2D eigenvalue weighted by Gasteiger charge is 2.14. The van der Waals surface area contributed by atoms with Crippen molar-refractivity contribution in [2.75, 3.05) is 6.61 Å². The van der Waals surface area contributed by atoms with Gasteiger partial charge in [0.05, 0.1) is 12.2 Å². The first-order valence-electron chi connectivity index (χ1n) is 6.33. The van der Waals surface area contributed by atoms with Crippen molar-refractivity contribution < 1.29 is 9.53 Å². The molecule has 1 aromatic rings. The lowest BCUT2D eigenvalue weighted by Gasteiger charge is -2.18. The van der Waals surface area contributed by atoms with Crippen LogP contribution in [-0.4, -0.2) is 12.6 Å². The number of unbranched alkanes of at least 4 members (excludes halogenated alkanes) is 1. The SMILES string of the molecule is C=CCCCOC(=O)c1ccc(C(C)(C)C)cc1. The van der Waals surface area contributed by atoms with Crippen LogP contribution in [0.15, 0.2) is 36.9 Å². The molecule has 0 aliphatic carbocycles. The summed E-state index contributed by atoms with van der Waals surface area (Å²) >= 11 is 0. The van der Waals surface area contributed by atoms with Crippen LogP contribution < -0.4 is 0 Å². The van der Waals surface area contributed by atoms with Crippen molar-refractivity contribution in [3.05, 3.63) is 48.0 Å². The standard InChI is InChI=1S/C16H22O2/c1-5-6-7-12-18-15(17)13-8-10-14(11-9-13)16(2,3)4/h5,8-11H,1,6-7,12H2,2-4H3. The fourth-order valence-corrected chi connectivity index (χ4v) is 1.58. The quantitative estimate of drug-likeness (QED) is 0.444. The Morgan fingerprint density at radius 3 is 2.39 bits per heavy atom. The van der Waals surface area contributed by atoms with E-state index in [9.17, 15) is 4.79 Å². The van der Waals surface area contributed by atoms with Gasteiger partial charge in [-0.3, -0.25) is 0 Å². The van der Waals surface area contributed by atoms with Crippen LogP contribution in [0.3, 0.4) is 0 Å². The topological polar surface area (TPSA) is 26.3 Å². The van der Waals surface area contributed by atoms with Gasteiger partial charge in [-0.15, -0.1) is 6.58 Å². The summed E-state index contributed by atoms with van der Waals surface area (Å²) in [5.74, 6) is -0.250. The largest absolute Gasteiger partial charge is 0.462 e. The number of ether oxygens (including phenoxy) is 1. The summed E-state index contributed by atoms with van der Waals surface area (Å²) in [6.07, 6.45) is 3.53. The van der Waals surface area contributed by atoms with Crippen molar-refractivity contribution in [3.8, 4) is 0 Å². The molecular formula is C16H22O2. The minimum atomic E-state index is -0.250. The third-order valence-electron chi connectivity index (χ3n) is 2.77. The normalized spacial score (nSPS) is 11.1. The molecule has 0 radical (unpaired) electrons. The molecule has 1 rings (SSSR count). The first-order valence-corrected chi connectivity index (χ1v) is 6.33. The summed E-state index contributed by atoms with van der Waals surface area (Å²) < 4.78 is 5.17. The molecule has 0 saturated heterocycles. The van der Waals surface area contributed by atoms with Crippen LogP contribution in [0.1, 0.15) is 49.5 Å². The van der Waals surface area contributed by atoms with Crippen LogP contribution in [0.2, 0.25) is 0 Å². The van der Waals surface area contributed by atoms with Crippen LogP contribution in [0, 0.1) is 0 Å². The van der Waals surface area contributed by atoms with Gasteiger partial charge in [-0.25, -0.2) is 4.79 Å². The average molecular weight is 246 g/mol. The lowest BCUT2D eigenvalue weighted by Crippen LogP contribution is -2.12. The summed E-state index contributed by atoms with van der Waals surface area (Å²) in [5.41, 5.74) is 1.93. The molecule has 0 aliphatic heterocycles. The second-order valence-corrected chi connectivity index (χ2v) is 5.39. The van der Waals surface area contributed by atoms with Crippen molar-refractivity contribution in [1.82, 2.24) is 0 Å². The molecular weight excluding hydrogens is 224 g/mol. The van der Waals surface area contributed by atoms with Crippen molar-refractivity contribution >= 4 is 5.97 Å². The zero-order chi connectivity index (χ0) is 13.6. The highest BCUT2D eigenvalue weighted by atomic mass is 16.5. The predicted octanol–water partition coefficient (Wildman–Crippen LogP) is 4.11. The molecule has 0 N–H and O–H groups in total. The van der Waals surface area contributed by atoms with Gasteiger partial charge < -0.3 is 4.74 Å². The van der Waals surface area contributed by atoms with E-state index in [2.05, 4.69) is 27.4 Å². The zero-order valence-electron chi connectivity index (χ0n) is 11.5. The molecule has 2 nitrogen and oxygen atoms in total. The Hall–Kier alpha value is -1.57. The molecule has 0 unspecified atom stereocenters. The van der Waals surface area contributed by atoms with E-state index >= 15 is 0 Å². The molecule has 0 aromatic heterocycles. The number of esters is 1. The molecule has 0 amide bonds.